The molecule has 0 unspecified atom stereocenters. The number of ether oxygens (including phenoxy) is 3. The molecule has 0 saturated heterocycles. The molecule has 0 atom stereocenters. The van der Waals surface area contributed by atoms with E-state index >= 15 is 0 Å². The first-order valence-electron chi connectivity index (χ1n) is 4.72. The average Bonchev–Trinajstić information content (AvgIpc) is 2.29. The topological polar surface area (TPSA) is 39.7 Å². The van der Waals surface area contributed by atoms with E-state index in [4.69, 9.17) is 14.2 Å². The summed E-state index contributed by atoms with van der Waals surface area (Å²) in [5.74, 6) is 1.49. The first-order valence-corrected chi connectivity index (χ1v) is 4.72. The van der Waals surface area contributed by atoms with E-state index < -0.39 is 0 Å². The van der Waals surface area contributed by atoms with E-state index in [-0.39, 0.29) is 0 Å². The summed E-state index contributed by atoms with van der Waals surface area (Å²) in [6.45, 7) is 1.28. The van der Waals surface area contributed by atoms with Gasteiger partial charge in [0, 0.05) is 13.7 Å². The first-order chi connectivity index (χ1) is 7.31. The number of hydrogen-bond acceptors (Lipinski definition) is 4. The molecule has 4 heteroatoms. The van der Waals surface area contributed by atoms with E-state index in [0.717, 1.165) is 23.6 Å². The predicted octanol–water partition coefficient (Wildman–Crippen LogP) is 1.40. The Kier molecular flexibility index (Phi) is 4.93. The molecule has 0 spiro atoms. The second-order valence-corrected chi connectivity index (χ2v) is 3.05. The van der Waals surface area contributed by atoms with Crippen LogP contribution in [0.2, 0.25) is 0 Å². The van der Waals surface area contributed by atoms with E-state index in [9.17, 15) is 0 Å². The minimum absolute atomic E-state index is 0.536. The van der Waals surface area contributed by atoms with Crippen LogP contribution in [-0.4, -0.2) is 28.1 Å². The van der Waals surface area contributed by atoms with Crippen molar-refractivity contribution in [3.63, 3.8) is 0 Å². The highest BCUT2D eigenvalue weighted by Crippen LogP contribution is 2.27. The molecule has 0 aromatic heterocycles. The van der Waals surface area contributed by atoms with Crippen molar-refractivity contribution in [2.75, 3.05) is 28.1 Å². The lowest BCUT2D eigenvalue weighted by Crippen LogP contribution is -2.15. The zero-order valence-corrected chi connectivity index (χ0v) is 9.37. The van der Waals surface area contributed by atoms with Gasteiger partial charge in [-0.1, -0.05) is 6.07 Å². The van der Waals surface area contributed by atoms with Gasteiger partial charge in [-0.05, 0) is 17.7 Å². The van der Waals surface area contributed by atoms with E-state index in [2.05, 4.69) is 5.32 Å². The highest BCUT2D eigenvalue weighted by molar-refractivity contribution is 5.42. The fraction of sp³-hybridized carbons (Fsp3) is 0.455. The Labute approximate surface area is 90.1 Å². The molecule has 0 amide bonds. The summed E-state index contributed by atoms with van der Waals surface area (Å²) in [5.41, 5.74) is 1.13. The minimum Gasteiger partial charge on any atom is -0.493 e. The quantitative estimate of drug-likeness (QED) is 0.570. The molecule has 1 aromatic carbocycles. The highest BCUT2D eigenvalue weighted by atomic mass is 16.5. The van der Waals surface area contributed by atoms with Gasteiger partial charge in [0.1, 0.15) is 0 Å². The van der Waals surface area contributed by atoms with Crippen molar-refractivity contribution in [2.24, 2.45) is 0 Å². The van der Waals surface area contributed by atoms with E-state index in [0.29, 0.717) is 6.73 Å². The molecule has 0 saturated carbocycles. The number of nitrogens with one attached hydrogen (secondary N) is 1. The third-order valence-electron chi connectivity index (χ3n) is 2.02. The zero-order valence-electron chi connectivity index (χ0n) is 9.37. The van der Waals surface area contributed by atoms with Crippen molar-refractivity contribution in [2.45, 2.75) is 6.54 Å². The lowest BCUT2D eigenvalue weighted by Gasteiger charge is -2.09. The monoisotopic (exact) mass is 211 g/mol. The Balaban J connectivity index is 2.66. The van der Waals surface area contributed by atoms with Crippen molar-refractivity contribution in [3.8, 4) is 11.5 Å². The second-order valence-electron chi connectivity index (χ2n) is 3.05. The van der Waals surface area contributed by atoms with Gasteiger partial charge in [0.05, 0.1) is 21.0 Å². The molecule has 4 nitrogen and oxygen atoms in total. The molecule has 0 fully saturated rings. The number of methoxy groups -OCH3 is 3. The van der Waals surface area contributed by atoms with Crippen LogP contribution in [0.1, 0.15) is 5.56 Å². The Morgan fingerprint density at radius 2 is 1.80 bits per heavy atom. The molecule has 1 aromatic rings. The number of rotatable bonds is 6. The van der Waals surface area contributed by atoms with Gasteiger partial charge < -0.3 is 14.2 Å². The van der Waals surface area contributed by atoms with E-state index in [1.54, 1.807) is 21.3 Å². The molecule has 0 aliphatic heterocycles. The van der Waals surface area contributed by atoms with E-state index in [1.807, 2.05) is 18.2 Å². The fourth-order valence-electron chi connectivity index (χ4n) is 1.29. The van der Waals surface area contributed by atoms with Crippen molar-refractivity contribution in [1.29, 1.82) is 0 Å². The molecule has 15 heavy (non-hydrogen) atoms. The van der Waals surface area contributed by atoms with Crippen LogP contribution in [0.5, 0.6) is 11.5 Å². The normalized spacial score (nSPS) is 10.1. The maximum atomic E-state index is 5.20. The average molecular weight is 211 g/mol. The van der Waals surface area contributed by atoms with Gasteiger partial charge in [-0.3, -0.25) is 5.32 Å². The van der Waals surface area contributed by atoms with Crippen molar-refractivity contribution in [1.82, 2.24) is 5.32 Å². The highest BCUT2D eigenvalue weighted by Gasteiger charge is 2.03. The van der Waals surface area contributed by atoms with Gasteiger partial charge in [0.15, 0.2) is 11.5 Å². The molecular weight excluding hydrogens is 194 g/mol. The smallest absolute Gasteiger partial charge is 0.161 e. The molecule has 0 radical (unpaired) electrons. The minimum atomic E-state index is 0.536. The van der Waals surface area contributed by atoms with Gasteiger partial charge >= 0.3 is 0 Å². The van der Waals surface area contributed by atoms with Crippen LogP contribution in [0.25, 0.3) is 0 Å². The van der Waals surface area contributed by atoms with Crippen LogP contribution in [0.15, 0.2) is 18.2 Å². The predicted molar refractivity (Wildman–Crippen MR) is 58.3 cm³/mol. The van der Waals surface area contributed by atoms with Crippen molar-refractivity contribution in [3.05, 3.63) is 23.8 Å². The van der Waals surface area contributed by atoms with Gasteiger partial charge in [-0.25, -0.2) is 0 Å². The third kappa shape index (κ3) is 3.42. The molecule has 0 aliphatic carbocycles. The molecule has 0 heterocycles. The summed E-state index contributed by atoms with van der Waals surface area (Å²) >= 11 is 0. The second kappa shape index (κ2) is 6.27. The Morgan fingerprint density at radius 1 is 1.07 bits per heavy atom. The van der Waals surface area contributed by atoms with Crippen molar-refractivity contribution < 1.29 is 14.2 Å². The lowest BCUT2D eigenvalue weighted by atomic mass is 10.2. The van der Waals surface area contributed by atoms with Crippen LogP contribution >= 0.6 is 0 Å². The maximum absolute atomic E-state index is 5.20. The lowest BCUT2D eigenvalue weighted by molar-refractivity contribution is 0.174. The fourth-order valence-corrected chi connectivity index (χ4v) is 1.29. The number of hydrogen-bond donors (Lipinski definition) is 1. The summed E-state index contributed by atoms with van der Waals surface area (Å²) in [4.78, 5) is 0. The standard InChI is InChI=1S/C11H17NO3/c1-13-8-12-7-9-4-5-10(14-2)11(6-9)15-3/h4-6,12H,7-8H2,1-3H3. The summed E-state index contributed by atoms with van der Waals surface area (Å²) in [7, 11) is 4.91. The Bertz CT molecular complexity index is 302. The van der Waals surface area contributed by atoms with Crippen molar-refractivity contribution >= 4 is 0 Å². The number of benzene rings is 1. The van der Waals surface area contributed by atoms with Gasteiger partial charge in [-0.15, -0.1) is 0 Å². The summed E-state index contributed by atoms with van der Waals surface area (Å²) in [5, 5.41) is 3.12. The van der Waals surface area contributed by atoms with Gasteiger partial charge in [-0.2, -0.15) is 0 Å². The van der Waals surface area contributed by atoms with Crippen LogP contribution < -0.4 is 14.8 Å². The molecule has 1 rings (SSSR count). The first kappa shape index (κ1) is 11.8. The largest absolute Gasteiger partial charge is 0.493 e. The summed E-state index contributed by atoms with van der Waals surface area (Å²) < 4.78 is 15.2. The van der Waals surface area contributed by atoms with E-state index in [1.165, 1.54) is 0 Å². The SMILES string of the molecule is COCNCc1ccc(OC)c(OC)c1. The van der Waals surface area contributed by atoms with Crippen LogP contribution in [0.4, 0.5) is 0 Å². The zero-order chi connectivity index (χ0) is 11.1. The third-order valence-corrected chi connectivity index (χ3v) is 2.02. The van der Waals surface area contributed by atoms with Crippen LogP contribution in [0.3, 0.4) is 0 Å². The van der Waals surface area contributed by atoms with Gasteiger partial charge in [0.2, 0.25) is 0 Å². The molecule has 1 N–H and O–H groups in total. The summed E-state index contributed by atoms with van der Waals surface area (Å²) in [6, 6.07) is 5.83. The van der Waals surface area contributed by atoms with Crippen LogP contribution in [-0.2, 0) is 11.3 Å². The molecule has 0 bridgehead atoms. The molecular formula is C11H17NO3. The summed E-state index contributed by atoms with van der Waals surface area (Å²) in [6.07, 6.45) is 0. The van der Waals surface area contributed by atoms with Crippen LogP contribution in [0, 0.1) is 0 Å². The van der Waals surface area contributed by atoms with Gasteiger partial charge in [0.25, 0.3) is 0 Å². The Morgan fingerprint density at radius 3 is 2.40 bits per heavy atom. The maximum Gasteiger partial charge on any atom is 0.161 e. The molecule has 0 aliphatic rings. The Hall–Kier alpha value is -1.26. The molecule has 84 valence electrons.